The van der Waals surface area contributed by atoms with E-state index in [1.165, 1.54) is 46.1 Å². The second-order valence-electron chi connectivity index (χ2n) is 9.13. The smallest absolute Gasteiger partial charge is 0.339 e. The van der Waals surface area contributed by atoms with Gasteiger partial charge in [0.2, 0.25) is 0 Å². The Balaban J connectivity index is 1.88. The first kappa shape index (κ1) is 23.5. The third-order valence-electron chi connectivity index (χ3n) is 6.67. The Labute approximate surface area is 199 Å². The van der Waals surface area contributed by atoms with Gasteiger partial charge in [-0.3, -0.25) is 9.78 Å². The van der Waals surface area contributed by atoms with Crippen LogP contribution in [0.3, 0.4) is 0 Å². The largest absolute Gasteiger partial charge is 0.496 e. The lowest BCUT2D eigenvalue weighted by atomic mass is 9.89. The van der Waals surface area contributed by atoms with Gasteiger partial charge in [0.1, 0.15) is 11.3 Å². The van der Waals surface area contributed by atoms with Crippen LogP contribution in [0.1, 0.15) is 61.9 Å². The molecule has 1 fully saturated rings. The van der Waals surface area contributed by atoms with Gasteiger partial charge in [-0.2, -0.15) is 0 Å². The molecule has 0 atom stereocenters. The molecule has 1 aliphatic rings. The van der Waals surface area contributed by atoms with Crippen molar-refractivity contribution in [3.63, 3.8) is 0 Å². The van der Waals surface area contributed by atoms with Crippen LogP contribution in [-0.2, 0) is 11.3 Å². The topological polar surface area (TPSA) is 107 Å². The Morgan fingerprint density at radius 2 is 1.91 bits per heavy atom. The lowest BCUT2D eigenvalue weighted by molar-refractivity contribution is -0.111. The molecule has 178 valence electrons. The number of nitrogens with two attached hydrogens (primary N) is 1. The van der Waals surface area contributed by atoms with Crippen LogP contribution in [0, 0.1) is 5.92 Å². The summed E-state index contributed by atoms with van der Waals surface area (Å²) in [5, 5.41) is 9.45. The molecule has 34 heavy (non-hydrogen) atoms. The van der Waals surface area contributed by atoms with Crippen molar-refractivity contribution in [2.45, 2.75) is 52.5 Å². The molecular formula is C27H31N3O4. The average Bonchev–Trinajstić information content (AvgIpc) is 3.16. The monoisotopic (exact) mass is 461 g/mol. The van der Waals surface area contributed by atoms with Crippen molar-refractivity contribution in [2.24, 2.45) is 11.7 Å². The Morgan fingerprint density at radius 1 is 1.18 bits per heavy atom. The van der Waals surface area contributed by atoms with Crippen LogP contribution in [0.2, 0.25) is 0 Å². The number of carbonyl (C=O) groups excluding carboxylic acids is 1. The van der Waals surface area contributed by atoms with Crippen molar-refractivity contribution in [1.82, 2.24) is 9.55 Å². The number of rotatable bonds is 7. The predicted molar refractivity (Wildman–Crippen MR) is 133 cm³/mol. The number of hydrogen-bond donors (Lipinski definition) is 2. The maximum Gasteiger partial charge on any atom is 0.339 e. The minimum absolute atomic E-state index is 0.0965. The lowest BCUT2D eigenvalue weighted by Gasteiger charge is -2.22. The van der Waals surface area contributed by atoms with Gasteiger partial charge in [-0.05, 0) is 56.4 Å². The summed E-state index contributed by atoms with van der Waals surface area (Å²) in [7, 11) is 1.47. The fourth-order valence-corrected chi connectivity index (χ4v) is 5.06. The minimum Gasteiger partial charge on any atom is -0.496 e. The Hall–Kier alpha value is -3.61. The molecule has 0 amide bonds. The van der Waals surface area contributed by atoms with Crippen molar-refractivity contribution in [2.75, 3.05) is 7.11 Å². The number of fused-ring (bicyclic) bond motifs is 1. The van der Waals surface area contributed by atoms with Crippen LogP contribution in [-0.4, -0.2) is 33.5 Å². The van der Waals surface area contributed by atoms with Gasteiger partial charge in [0.05, 0.1) is 18.1 Å². The van der Waals surface area contributed by atoms with Gasteiger partial charge in [-0.15, -0.1) is 0 Å². The first-order valence-electron chi connectivity index (χ1n) is 11.7. The van der Waals surface area contributed by atoms with E-state index < -0.39 is 5.97 Å². The molecular weight excluding hydrogens is 430 g/mol. The zero-order chi connectivity index (χ0) is 24.4. The Morgan fingerprint density at radius 3 is 2.53 bits per heavy atom. The number of ether oxygens (including phenoxy) is 1. The first-order valence-corrected chi connectivity index (χ1v) is 11.7. The highest BCUT2D eigenvalue weighted by Crippen LogP contribution is 2.36. The lowest BCUT2D eigenvalue weighted by Crippen LogP contribution is -2.13. The summed E-state index contributed by atoms with van der Waals surface area (Å²) >= 11 is 0. The molecule has 3 N–H and O–H groups in total. The molecule has 7 heteroatoms. The molecule has 4 rings (SSSR count). The molecule has 3 aromatic rings. The average molecular weight is 462 g/mol. The van der Waals surface area contributed by atoms with Crippen molar-refractivity contribution < 1.29 is 19.4 Å². The summed E-state index contributed by atoms with van der Waals surface area (Å²) < 4.78 is 7.57. The number of Topliss-reactive ketones (excluding diaryl/α,β-unsaturated/α-hetero) is 1. The zero-order valence-corrected chi connectivity index (χ0v) is 19.9. The molecule has 0 unspecified atom stereocenters. The maximum atomic E-state index is 12.3. The van der Waals surface area contributed by atoms with Crippen molar-refractivity contribution in [1.29, 1.82) is 0 Å². The molecule has 2 aromatic heterocycles. The molecule has 2 heterocycles. The molecule has 0 aliphatic heterocycles. The third kappa shape index (κ3) is 4.55. The van der Waals surface area contributed by atoms with Crippen LogP contribution in [0.15, 0.2) is 42.4 Å². The molecule has 1 saturated carbocycles. The van der Waals surface area contributed by atoms with E-state index in [9.17, 15) is 14.7 Å². The van der Waals surface area contributed by atoms with E-state index in [1.807, 2.05) is 6.07 Å². The van der Waals surface area contributed by atoms with Gasteiger partial charge in [-0.1, -0.05) is 25.3 Å². The van der Waals surface area contributed by atoms with Crippen LogP contribution >= 0.6 is 0 Å². The summed E-state index contributed by atoms with van der Waals surface area (Å²) in [4.78, 5) is 28.6. The van der Waals surface area contributed by atoms with Gasteiger partial charge in [-0.25, -0.2) is 4.79 Å². The standard InChI is InChI=1S/C27H31N3O4/c1-16(28)25(17(2)31)20-11-23-26(29-13-20)22(15-30(23)14-18-7-5-4-6-8-18)19-9-10-21(27(32)33)24(12-19)34-3/h9-13,15,18H,4-8,14,28H2,1-3H3,(H,32,33). The zero-order valence-electron chi connectivity index (χ0n) is 19.9. The highest BCUT2D eigenvalue weighted by molar-refractivity contribution is 6.20. The number of benzene rings is 1. The van der Waals surface area contributed by atoms with E-state index in [0.717, 1.165) is 28.7 Å². The van der Waals surface area contributed by atoms with Gasteiger partial charge in [0.15, 0.2) is 5.78 Å². The van der Waals surface area contributed by atoms with E-state index in [0.29, 0.717) is 28.5 Å². The van der Waals surface area contributed by atoms with Crippen LogP contribution in [0.4, 0.5) is 0 Å². The number of carbonyl (C=O) groups is 2. The number of ketones is 1. The molecule has 1 aliphatic carbocycles. The van der Waals surface area contributed by atoms with E-state index >= 15 is 0 Å². The van der Waals surface area contributed by atoms with Crippen molar-refractivity contribution in [3.05, 3.63) is 53.5 Å². The van der Waals surface area contributed by atoms with Crippen LogP contribution in [0.5, 0.6) is 5.75 Å². The highest BCUT2D eigenvalue weighted by atomic mass is 16.5. The number of aromatic carboxylic acids is 1. The predicted octanol–water partition coefficient (Wildman–Crippen LogP) is 5.27. The van der Waals surface area contributed by atoms with E-state index in [1.54, 1.807) is 31.3 Å². The molecule has 1 aromatic carbocycles. The quantitative estimate of drug-likeness (QED) is 0.464. The summed E-state index contributed by atoms with van der Waals surface area (Å²) in [5.41, 5.74) is 11.2. The number of hydrogen-bond acceptors (Lipinski definition) is 5. The Bertz CT molecular complexity index is 1280. The summed E-state index contributed by atoms with van der Waals surface area (Å²) in [6.07, 6.45) is 9.95. The van der Waals surface area contributed by atoms with E-state index in [4.69, 9.17) is 15.5 Å². The first-order chi connectivity index (χ1) is 16.3. The molecule has 0 bridgehead atoms. The molecule has 0 radical (unpaired) electrons. The van der Waals surface area contributed by atoms with Gasteiger partial charge in [0, 0.05) is 41.3 Å². The number of allylic oxidation sites excluding steroid dienone is 2. The van der Waals surface area contributed by atoms with Crippen LogP contribution in [0.25, 0.3) is 27.7 Å². The van der Waals surface area contributed by atoms with Gasteiger partial charge < -0.3 is 20.1 Å². The second-order valence-corrected chi connectivity index (χ2v) is 9.13. The van der Waals surface area contributed by atoms with Crippen molar-refractivity contribution >= 4 is 28.4 Å². The van der Waals surface area contributed by atoms with Crippen LogP contribution < -0.4 is 10.5 Å². The SMILES string of the molecule is COc1cc(-c2cn(CC3CCCCC3)c3cc(C(C(C)=O)=C(C)N)cnc23)ccc1C(=O)O. The Kier molecular flexibility index (Phi) is 6.72. The number of nitrogens with zero attached hydrogens (tertiary/aromatic N) is 2. The number of carboxylic acids is 1. The summed E-state index contributed by atoms with van der Waals surface area (Å²) in [5.74, 6) is -0.244. The third-order valence-corrected chi connectivity index (χ3v) is 6.67. The number of aromatic nitrogens is 2. The van der Waals surface area contributed by atoms with E-state index in [2.05, 4.69) is 10.8 Å². The highest BCUT2D eigenvalue weighted by Gasteiger charge is 2.21. The number of pyridine rings is 1. The minimum atomic E-state index is -1.04. The summed E-state index contributed by atoms with van der Waals surface area (Å²) in [6, 6.07) is 7.07. The fraction of sp³-hybridized carbons (Fsp3) is 0.370. The number of methoxy groups -OCH3 is 1. The fourth-order valence-electron chi connectivity index (χ4n) is 5.06. The van der Waals surface area contributed by atoms with Gasteiger partial charge in [0.25, 0.3) is 0 Å². The van der Waals surface area contributed by atoms with E-state index in [-0.39, 0.29) is 11.3 Å². The van der Waals surface area contributed by atoms with Crippen molar-refractivity contribution in [3.8, 4) is 16.9 Å². The molecule has 7 nitrogen and oxygen atoms in total. The number of carboxylic acid groups (broad SMARTS) is 1. The second kappa shape index (κ2) is 9.71. The van der Waals surface area contributed by atoms with Gasteiger partial charge >= 0.3 is 5.97 Å². The molecule has 0 spiro atoms. The normalized spacial score (nSPS) is 15.3. The maximum absolute atomic E-state index is 12.3. The molecule has 0 saturated heterocycles. The summed E-state index contributed by atoms with van der Waals surface area (Å²) in [6.45, 7) is 4.11.